The lowest BCUT2D eigenvalue weighted by Crippen LogP contribution is -2.19. The van der Waals surface area contributed by atoms with Crippen LogP contribution in [0.15, 0.2) is 54.6 Å². The zero-order chi connectivity index (χ0) is 12.9. The van der Waals surface area contributed by atoms with Crippen LogP contribution in [-0.2, 0) is 0 Å². The molecule has 1 atom stereocenters. The monoisotopic (exact) mass is 255 g/mol. The van der Waals surface area contributed by atoms with Crippen molar-refractivity contribution in [1.82, 2.24) is 5.32 Å². The van der Waals surface area contributed by atoms with Crippen LogP contribution < -0.4 is 14.8 Å². The van der Waals surface area contributed by atoms with E-state index in [0.29, 0.717) is 6.10 Å². The Morgan fingerprint density at radius 3 is 2.21 bits per heavy atom. The van der Waals surface area contributed by atoms with Gasteiger partial charge in [0.15, 0.2) is 0 Å². The first-order chi connectivity index (χ1) is 9.40. The van der Waals surface area contributed by atoms with E-state index in [-0.39, 0.29) is 0 Å². The van der Waals surface area contributed by atoms with E-state index in [9.17, 15) is 0 Å². The molecule has 3 heteroatoms. The summed E-state index contributed by atoms with van der Waals surface area (Å²) in [6.45, 7) is 1.97. The highest BCUT2D eigenvalue weighted by atomic mass is 16.5. The van der Waals surface area contributed by atoms with E-state index in [4.69, 9.17) is 9.47 Å². The number of para-hydroxylation sites is 1. The van der Waals surface area contributed by atoms with Crippen molar-refractivity contribution in [2.45, 2.75) is 12.5 Å². The third kappa shape index (κ3) is 3.26. The van der Waals surface area contributed by atoms with Crippen molar-refractivity contribution in [2.24, 2.45) is 0 Å². The minimum Gasteiger partial charge on any atom is -0.489 e. The van der Waals surface area contributed by atoms with Gasteiger partial charge < -0.3 is 14.8 Å². The topological polar surface area (TPSA) is 30.5 Å². The van der Waals surface area contributed by atoms with Crippen LogP contribution in [0.3, 0.4) is 0 Å². The molecule has 3 nitrogen and oxygen atoms in total. The summed E-state index contributed by atoms with van der Waals surface area (Å²) in [6, 6.07) is 17.5. The summed E-state index contributed by atoms with van der Waals surface area (Å²) >= 11 is 0. The Morgan fingerprint density at radius 1 is 0.842 bits per heavy atom. The molecule has 1 aliphatic rings. The second-order valence-electron chi connectivity index (χ2n) is 4.62. The van der Waals surface area contributed by atoms with E-state index in [2.05, 4.69) is 5.32 Å². The molecule has 1 aliphatic heterocycles. The number of hydrogen-bond donors (Lipinski definition) is 1. The predicted octanol–water partition coefficient (Wildman–Crippen LogP) is 3.22. The molecule has 0 aliphatic carbocycles. The van der Waals surface area contributed by atoms with Gasteiger partial charge in [0.1, 0.15) is 23.4 Å². The normalized spacial score (nSPS) is 18.2. The van der Waals surface area contributed by atoms with E-state index in [0.717, 1.165) is 36.8 Å². The van der Waals surface area contributed by atoms with Crippen LogP contribution in [-0.4, -0.2) is 19.2 Å². The van der Waals surface area contributed by atoms with Crippen molar-refractivity contribution in [3.8, 4) is 17.2 Å². The fourth-order valence-electron chi connectivity index (χ4n) is 2.13. The molecule has 0 radical (unpaired) electrons. The third-order valence-electron chi connectivity index (χ3n) is 3.12. The van der Waals surface area contributed by atoms with Crippen LogP contribution in [0.25, 0.3) is 0 Å². The summed E-state index contributed by atoms with van der Waals surface area (Å²) in [5.41, 5.74) is 0. The van der Waals surface area contributed by atoms with E-state index >= 15 is 0 Å². The van der Waals surface area contributed by atoms with Crippen LogP contribution >= 0.6 is 0 Å². The fourth-order valence-corrected chi connectivity index (χ4v) is 2.13. The molecule has 1 saturated heterocycles. The van der Waals surface area contributed by atoms with Crippen LogP contribution in [0, 0.1) is 0 Å². The summed E-state index contributed by atoms with van der Waals surface area (Å²) in [7, 11) is 0. The van der Waals surface area contributed by atoms with Gasteiger partial charge in [-0.05, 0) is 49.4 Å². The van der Waals surface area contributed by atoms with Gasteiger partial charge in [-0.2, -0.15) is 0 Å². The first-order valence-electron chi connectivity index (χ1n) is 6.60. The van der Waals surface area contributed by atoms with E-state index < -0.39 is 0 Å². The minimum atomic E-state index is 0.292. The van der Waals surface area contributed by atoms with Gasteiger partial charge in [-0.3, -0.25) is 0 Å². The zero-order valence-electron chi connectivity index (χ0n) is 10.7. The van der Waals surface area contributed by atoms with Crippen LogP contribution in [0.5, 0.6) is 17.2 Å². The smallest absolute Gasteiger partial charge is 0.127 e. The molecule has 0 aromatic heterocycles. The van der Waals surface area contributed by atoms with E-state index in [1.165, 1.54) is 0 Å². The van der Waals surface area contributed by atoms with Gasteiger partial charge in [0, 0.05) is 6.54 Å². The molecule has 0 unspecified atom stereocenters. The number of ether oxygens (including phenoxy) is 2. The standard InChI is InChI=1S/C16H17NO2/c1-2-4-13(5-3-1)18-14-6-8-15(9-7-14)19-16-10-11-17-12-16/h1-9,16-17H,10-12H2/t16-/m1/s1. The Morgan fingerprint density at radius 2 is 1.53 bits per heavy atom. The molecule has 1 fully saturated rings. The molecule has 0 saturated carbocycles. The molecule has 0 amide bonds. The molecule has 98 valence electrons. The highest BCUT2D eigenvalue weighted by Crippen LogP contribution is 2.24. The van der Waals surface area contributed by atoms with E-state index in [1.54, 1.807) is 0 Å². The Labute approximate surface area is 113 Å². The molecule has 19 heavy (non-hydrogen) atoms. The SMILES string of the molecule is c1ccc(Oc2ccc(O[C@@H]3CCNC3)cc2)cc1. The van der Waals surface area contributed by atoms with Crippen LogP contribution in [0.2, 0.25) is 0 Å². The molecule has 1 heterocycles. The number of rotatable bonds is 4. The second-order valence-corrected chi connectivity index (χ2v) is 4.62. The van der Waals surface area contributed by atoms with Gasteiger partial charge >= 0.3 is 0 Å². The van der Waals surface area contributed by atoms with Crippen molar-refractivity contribution < 1.29 is 9.47 Å². The lowest BCUT2D eigenvalue weighted by atomic mass is 10.3. The second kappa shape index (κ2) is 5.76. The van der Waals surface area contributed by atoms with Crippen LogP contribution in [0.4, 0.5) is 0 Å². The molecule has 0 spiro atoms. The van der Waals surface area contributed by atoms with Gasteiger partial charge in [0.05, 0.1) is 0 Å². The van der Waals surface area contributed by atoms with Gasteiger partial charge in [-0.15, -0.1) is 0 Å². The fraction of sp³-hybridized carbons (Fsp3) is 0.250. The van der Waals surface area contributed by atoms with Crippen molar-refractivity contribution >= 4 is 0 Å². The highest BCUT2D eigenvalue weighted by molar-refractivity contribution is 5.35. The third-order valence-corrected chi connectivity index (χ3v) is 3.12. The van der Waals surface area contributed by atoms with E-state index in [1.807, 2.05) is 54.6 Å². The molecular weight excluding hydrogens is 238 g/mol. The Hall–Kier alpha value is -2.00. The highest BCUT2D eigenvalue weighted by Gasteiger charge is 2.15. The average Bonchev–Trinajstić information content (AvgIpc) is 2.95. The molecule has 1 N–H and O–H groups in total. The van der Waals surface area contributed by atoms with Gasteiger partial charge in [0.2, 0.25) is 0 Å². The van der Waals surface area contributed by atoms with Gasteiger partial charge in [0.25, 0.3) is 0 Å². The minimum absolute atomic E-state index is 0.292. The average molecular weight is 255 g/mol. The maximum absolute atomic E-state index is 5.86. The van der Waals surface area contributed by atoms with Crippen molar-refractivity contribution in [3.63, 3.8) is 0 Å². The lowest BCUT2D eigenvalue weighted by Gasteiger charge is -2.13. The Kier molecular flexibility index (Phi) is 3.65. The maximum atomic E-state index is 5.86. The molecule has 2 aromatic carbocycles. The Balaban J connectivity index is 1.62. The maximum Gasteiger partial charge on any atom is 0.127 e. The largest absolute Gasteiger partial charge is 0.489 e. The van der Waals surface area contributed by atoms with Crippen molar-refractivity contribution in [1.29, 1.82) is 0 Å². The lowest BCUT2D eigenvalue weighted by molar-refractivity contribution is 0.223. The zero-order valence-corrected chi connectivity index (χ0v) is 10.7. The number of nitrogens with one attached hydrogen (secondary N) is 1. The number of benzene rings is 2. The molecule has 2 aromatic rings. The summed E-state index contributed by atoms with van der Waals surface area (Å²) in [5.74, 6) is 2.56. The molecule has 0 bridgehead atoms. The van der Waals surface area contributed by atoms with Gasteiger partial charge in [-0.25, -0.2) is 0 Å². The Bertz CT molecular complexity index is 504. The first kappa shape index (κ1) is 12.1. The predicted molar refractivity (Wildman–Crippen MR) is 74.9 cm³/mol. The molecule has 3 rings (SSSR count). The summed E-state index contributed by atoms with van der Waals surface area (Å²) in [6.07, 6.45) is 1.36. The van der Waals surface area contributed by atoms with Crippen LogP contribution in [0.1, 0.15) is 6.42 Å². The molecular formula is C16H17NO2. The summed E-state index contributed by atoms with van der Waals surface area (Å²) < 4.78 is 11.6. The van der Waals surface area contributed by atoms with Crippen molar-refractivity contribution in [3.05, 3.63) is 54.6 Å². The summed E-state index contributed by atoms with van der Waals surface area (Å²) in [5, 5.41) is 3.29. The number of hydrogen-bond acceptors (Lipinski definition) is 3. The quantitative estimate of drug-likeness (QED) is 0.910. The van der Waals surface area contributed by atoms with Gasteiger partial charge in [-0.1, -0.05) is 18.2 Å². The van der Waals surface area contributed by atoms with Crippen molar-refractivity contribution in [2.75, 3.05) is 13.1 Å². The first-order valence-corrected chi connectivity index (χ1v) is 6.60. The summed E-state index contributed by atoms with van der Waals surface area (Å²) in [4.78, 5) is 0.